The first-order valence-corrected chi connectivity index (χ1v) is 8.67. The average molecular weight is 363 g/mol. The molecular weight excluding hydrogens is 342 g/mol. The number of fused-ring (bicyclic) bond motifs is 1. The van der Waals surface area contributed by atoms with E-state index in [9.17, 15) is 9.59 Å². The standard InChI is InChI=1S/C22H21NO4/c1-13-14(2)23-19-8-6-5-7-18(19)20(13)22(25)27-15(3)21(24)16-9-11-17(26-4)12-10-16/h5-12,15H,1-4H3/t15-/m0/s1. The van der Waals surface area contributed by atoms with Gasteiger partial charge in [0.25, 0.3) is 0 Å². The number of ether oxygens (including phenoxy) is 2. The molecule has 0 aliphatic carbocycles. The van der Waals surface area contributed by atoms with Gasteiger partial charge in [-0.15, -0.1) is 0 Å². The summed E-state index contributed by atoms with van der Waals surface area (Å²) in [4.78, 5) is 30.0. The van der Waals surface area contributed by atoms with E-state index in [0.29, 0.717) is 16.9 Å². The van der Waals surface area contributed by atoms with Crippen LogP contribution in [-0.4, -0.2) is 30.0 Å². The highest BCUT2D eigenvalue weighted by Gasteiger charge is 2.24. The molecule has 0 spiro atoms. The van der Waals surface area contributed by atoms with Gasteiger partial charge in [-0.05, 0) is 56.7 Å². The van der Waals surface area contributed by atoms with Gasteiger partial charge in [-0.2, -0.15) is 0 Å². The molecule has 138 valence electrons. The Labute approximate surface area is 157 Å². The van der Waals surface area contributed by atoms with E-state index in [1.54, 1.807) is 38.3 Å². The number of hydrogen-bond acceptors (Lipinski definition) is 5. The number of rotatable bonds is 5. The number of carbonyl (C=O) groups excluding carboxylic acids is 2. The SMILES string of the molecule is COc1ccc(C(=O)[C@H](C)OC(=O)c2c(C)c(C)nc3ccccc23)cc1. The number of ketones is 1. The van der Waals surface area contributed by atoms with Crippen LogP contribution in [0.4, 0.5) is 0 Å². The van der Waals surface area contributed by atoms with E-state index in [1.165, 1.54) is 0 Å². The molecule has 0 fully saturated rings. The van der Waals surface area contributed by atoms with Gasteiger partial charge >= 0.3 is 5.97 Å². The zero-order chi connectivity index (χ0) is 19.6. The largest absolute Gasteiger partial charge is 0.497 e. The summed E-state index contributed by atoms with van der Waals surface area (Å²) in [5.41, 5.74) is 3.15. The second kappa shape index (κ2) is 7.58. The highest BCUT2D eigenvalue weighted by atomic mass is 16.5. The second-order valence-electron chi connectivity index (χ2n) is 6.35. The lowest BCUT2D eigenvalue weighted by Gasteiger charge is -2.16. The molecule has 5 heteroatoms. The van der Waals surface area contributed by atoms with Crippen LogP contribution in [0.25, 0.3) is 10.9 Å². The molecule has 0 aliphatic rings. The number of hydrogen-bond donors (Lipinski definition) is 0. The fourth-order valence-corrected chi connectivity index (χ4v) is 2.96. The molecule has 0 aliphatic heterocycles. The second-order valence-corrected chi connectivity index (χ2v) is 6.35. The molecule has 0 unspecified atom stereocenters. The first kappa shape index (κ1) is 18.6. The van der Waals surface area contributed by atoms with Crippen LogP contribution in [0.5, 0.6) is 5.75 Å². The third-order valence-electron chi connectivity index (χ3n) is 4.61. The molecule has 2 aromatic carbocycles. The van der Waals surface area contributed by atoms with E-state index in [0.717, 1.165) is 22.2 Å². The van der Waals surface area contributed by atoms with Crippen molar-refractivity contribution < 1.29 is 19.1 Å². The summed E-state index contributed by atoms with van der Waals surface area (Å²) in [6.45, 7) is 5.27. The molecule has 3 aromatic rings. The van der Waals surface area contributed by atoms with Gasteiger partial charge in [0.2, 0.25) is 5.78 Å². The van der Waals surface area contributed by atoms with Gasteiger partial charge in [-0.3, -0.25) is 9.78 Å². The Morgan fingerprint density at radius 2 is 1.67 bits per heavy atom. The number of para-hydroxylation sites is 1. The minimum atomic E-state index is -0.905. The number of esters is 1. The Hall–Kier alpha value is -3.21. The third-order valence-corrected chi connectivity index (χ3v) is 4.61. The van der Waals surface area contributed by atoms with Gasteiger partial charge in [-0.25, -0.2) is 4.79 Å². The maximum absolute atomic E-state index is 12.9. The monoisotopic (exact) mass is 363 g/mol. The van der Waals surface area contributed by atoms with Crippen LogP contribution in [0.2, 0.25) is 0 Å². The van der Waals surface area contributed by atoms with Crippen molar-refractivity contribution in [2.75, 3.05) is 7.11 Å². The molecule has 3 rings (SSSR count). The topological polar surface area (TPSA) is 65.5 Å². The average Bonchev–Trinajstić information content (AvgIpc) is 2.68. The van der Waals surface area contributed by atoms with Crippen molar-refractivity contribution in [3.63, 3.8) is 0 Å². The van der Waals surface area contributed by atoms with Gasteiger partial charge in [0.05, 0.1) is 18.2 Å². The molecule has 0 bridgehead atoms. The molecule has 1 aromatic heterocycles. The lowest BCUT2D eigenvalue weighted by molar-refractivity contribution is 0.0320. The van der Waals surface area contributed by atoms with Crippen molar-refractivity contribution >= 4 is 22.7 Å². The summed E-state index contributed by atoms with van der Waals surface area (Å²) < 4.78 is 10.6. The number of Topliss-reactive ketones (excluding diaryl/α,β-unsaturated/α-hetero) is 1. The maximum atomic E-state index is 12.9. The number of pyridine rings is 1. The Kier molecular flexibility index (Phi) is 5.21. The smallest absolute Gasteiger partial charge is 0.339 e. The molecule has 0 N–H and O–H groups in total. The van der Waals surface area contributed by atoms with E-state index >= 15 is 0 Å². The Morgan fingerprint density at radius 3 is 2.33 bits per heavy atom. The zero-order valence-electron chi connectivity index (χ0n) is 15.8. The highest BCUT2D eigenvalue weighted by Crippen LogP contribution is 2.24. The van der Waals surface area contributed by atoms with Gasteiger partial charge in [0.15, 0.2) is 6.10 Å². The summed E-state index contributed by atoms with van der Waals surface area (Å²) in [5.74, 6) is -0.132. The minimum Gasteiger partial charge on any atom is -0.497 e. The minimum absolute atomic E-state index is 0.265. The lowest BCUT2D eigenvalue weighted by Crippen LogP contribution is -2.25. The predicted molar refractivity (Wildman–Crippen MR) is 103 cm³/mol. The van der Waals surface area contributed by atoms with Crippen LogP contribution in [0.15, 0.2) is 48.5 Å². The highest BCUT2D eigenvalue weighted by molar-refractivity contribution is 6.07. The number of aromatic nitrogens is 1. The van der Waals surface area contributed by atoms with E-state index in [1.807, 2.05) is 38.1 Å². The van der Waals surface area contributed by atoms with Crippen molar-refractivity contribution in [2.24, 2.45) is 0 Å². The fourth-order valence-electron chi connectivity index (χ4n) is 2.96. The van der Waals surface area contributed by atoms with Crippen molar-refractivity contribution in [3.05, 3.63) is 70.9 Å². The number of carbonyl (C=O) groups is 2. The molecule has 0 radical (unpaired) electrons. The summed E-state index contributed by atoms with van der Waals surface area (Å²) in [6.07, 6.45) is -0.905. The summed E-state index contributed by atoms with van der Waals surface area (Å²) >= 11 is 0. The molecule has 0 saturated carbocycles. The van der Waals surface area contributed by atoms with Crippen LogP contribution in [-0.2, 0) is 4.74 Å². The van der Waals surface area contributed by atoms with Gasteiger partial charge < -0.3 is 9.47 Å². The molecule has 1 heterocycles. The Balaban J connectivity index is 1.87. The quantitative estimate of drug-likeness (QED) is 0.500. The molecule has 0 amide bonds. The molecule has 5 nitrogen and oxygen atoms in total. The van der Waals surface area contributed by atoms with E-state index in [4.69, 9.17) is 9.47 Å². The fraction of sp³-hybridized carbons (Fsp3) is 0.227. The van der Waals surface area contributed by atoms with Gasteiger partial charge in [-0.1, -0.05) is 18.2 Å². The van der Waals surface area contributed by atoms with E-state index in [-0.39, 0.29) is 5.78 Å². The lowest BCUT2D eigenvalue weighted by atomic mass is 10.0. The normalized spacial score (nSPS) is 11.9. The molecule has 0 saturated heterocycles. The maximum Gasteiger partial charge on any atom is 0.339 e. The van der Waals surface area contributed by atoms with Gasteiger partial charge in [0.1, 0.15) is 5.75 Å². The first-order chi connectivity index (χ1) is 12.9. The van der Waals surface area contributed by atoms with Crippen LogP contribution < -0.4 is 4.74 Å². The summed E-state index contributed by atoms with van der Waals surface area (Å²) in [5, 5.41) is 0.717. The molecule has 27 heavy (non-hydrogen) atoms. The number of nitrogens with zero attached hydrogens (tertiary/aromatic N) is 1. The van der Waals surface area contributed by atoms with E-state index < -0.39 is 12.1 Å². The zero-order valence-corrected chi connectivity index (χ0v) is 15.8. The Morgan fingerprint density at radius 1 is 1.00 bits per heavy atom. The summed E-state index contributed by atoms with van der Waals surface area (Å²) in [7, 11) is 1.56. The van der Waals surface area contributed by atoms with Crippen LogP contribution in [0.3, 0.4) is 0 Å². The van der Waals surface area contributed by atoms with Crippen LogP contribution >= 0.6 is 0 Å². The first-order valence-electron chi connectivity index (χ1n) is 8.67. The van der Waals surface area contributed by atoms with Crippen molar-refractivity contribution in [2.45, 2.75) is 26.9 Å². The van der Waals surface area contributed by atoms with Gasteiger partial charge in [0, 0.05) is 16.6 Å². The summed E-state index contributed by atoms with van der Waals surface area (Å²) in [6, 6.07) is 14.1. The number of aryl methyl sites for hydroxylation is 1. The van der Waals surface area contributed by atoms with Crippen molar-refractivity contribution in [3.8, 4) is 5.75 Å². The van der Waals surface area contributed by atoms with Crippen molar-refractivity contribution in [1.29, 1.82) is 0 Å². The van der Waals surface area contributed by atoms with E-state index in [2.05, 4.69) is 4.98 Å². The van der Waals surface area contributed by atoms with Crippen molar-refractivity contribution in [1.82, 2.24) is 4.98 Å². The Bertz CT molecular complexity index is 1010. The van der Waals surface area contributed by atoms with Crippen LogP contribution in [0.1, 0.15) is 38.9 Å². The number of methoxy groups -OCH3 is 1. The van der Waals surface area contributed by atoms with Crippen LogP contribution in [0, 0.1) is 13.8 Å². The molecule has 1 atom stereocenters. The predicted octanol–water partition coefficient (Wildman–Crippen LogP) is 4.29. The third kappa shape index (κ3) is 3.67. The number of benzene rings is 2. The molecular formula is C22H21NO4.